The van der Waals surface area contributed by atoms with Crippen molar-refractivity contribution in [3.05, 3.63) is 41.5 Å². The fourth-order valence-corrected chi connectivity index (χ4v) is 3.44. The Hall–Kier alpha value is -2.92. The Morgan fingerprint density at radius 2 is 1.83 bits per heavy atom. The quantitative estimate of drug-likeness (QED) is 0.433. The van der Waals surface area contributed by atoms with Crippen LogP contribution >= 0.6 is 0 Å². The lowest BCUT2D eigenvalue weighted by atomic mass is 10.2. The van der Waals surface area contributed by atoms with Crippen molar-refractivity contribution in [3.63, 3.8) is 0 Å². The summed E-state index contributed by atoms with van der Waals surface area (Å²) in [7, 11) is -0.881. The van der Waals surface area contributed by atoms with Crippen LogP contribution < -0.4 is 16.0 Å². The first kappa shape index (κ1) is 22.4. The number of anilines is 1. The van der Waals surface area contributed by atoms with Gasteiger partial charge in [-0.3, -0.25) is 9.59 Å². The Morgan fingerprint density at radius 1 is 1.14 bits per heavy atom. The lowest BCUT2D eigenvalue weighted by Gasteiger charge is -2.15. The van der Waals surface area contributed by atoms with E-state index in [9.17, 15) is 18.0 Å². The molecule has 10 nitrogen and oxygen atoms in total. The molecule has 11 heteroatoms. The maximum Gasteiger partial charge on any atom is 0.251 e. The van der Waals surface area contributed by atoms with Crippen LogP contribution in [0.4, 0.5) is 5.69 Å². The Morgan fingerprint density at radius 3 is 2.41 bits per heavy atom. The van der Waals surface area contributed by atoms with Crippen molar-refractivity contribution in [1.29, 1.82) is 0 Å². The molecule has 0 spiro atoms. The van der Waals surface area contributed by atoms with Crippen LogP contribution in [0.5, 0.6) is 0 Å². The number of carbonyl (C=O) groups excluding carboxylic acids is 2. The molecule has 2 aromatic rings. The molecule has 0 radical (unpaired) electrons. The van der Waals surface area contributed by atoms with Gasteiger partial charge in [0.1, 0.15) is 5.82 Å². The largest absolute Gasteiger partial charge is 0.379 e. The van der Waals surface area contributed by atoms with Crippen molar-refractivity contribution < 1.29 is 18.0 Å². The van der Waals surface area contributed by atoms with Gasteiger partial charge in [-0.15, -0.1) is 0 Å². The monoisotopic (exact) mass is 422 g/mol. The number of aryl methyl sites for hydroxylation is 1. The SMILES string of the molecule is CC(=O)NCCNC(=O)c1cc(NCc2cnc(C)[nH]2)cc(S(=O)(=O)N(C)C)c1. The lowest BCUT2D eigenvalue weighted by Crippen LogP contribution is -2.33. The van der Waals surface area contributed by atoms with Crippen molar-refractivity contribution in [2.24, 2.45) is 0 Å². The maximum absolute atomic E-state index is 12.6. The van der Waals surface area contributed by atoms with Crippen LogP contribution in [-0.2, 0) is 21.4 Å². The van der Waals surface area contributed by atoms with E-state index in [1.54, 1.807) is 12.3 Å². The first-order valence-corrected chi connectivity index (χ1v) is 10.4. The van der Waals surface area contributed by atoms with Gasteiger partial charge in [0, 0.05) is 45.4 Å². The predicted molar refractivity (Wildman–Crippen MR) is 109 cm³/mol. The van der Waals surface area contributed by atoms with Crippen LogP contribution in [-0.4, -0.2) is 61.7 Å². The number of carbonyl (C=O) groups is 2. The molecule has 4 N–H and O–H groups in total. The van der Waals surface area contributed by atoms with E-state index in [2.05, 4.69) is 25.9 Å². The number of imidazole rings is 1. The molecule has 2 rings (SSSR count). The Labute approximate surface area is 170 Å². The zero-order valence-electron chi connectivity index (χ0n) is 16.9. The molecule has 0 aliphatic carbocycles. The average Bonchev–Trinajstić information content (AvgIpc) is 3.08. The number of nitrogens with one attached hydrogen (secondary N) is 4. The second-order valence-corrected chi connectivity index (χ2v) is 8.77. The molecule has 0 unspecified atom stereocenters. The van der Waals surface area contributed by atoms with Crippen molar-refractivity contribution in [1.82, 2.24) is 24.9 Å². The third-order valence-corrected chi connectivity index (χ3v) is 5.76. The van der Waals surface area contributed by atoms with Crippen LogP contribution in [0.1, 0.15) is 28.8 Å². The van der Waals surface area contributed by atoms with E-state index >= 15 is 0 Å². The summed E-state index contributed by atoms with van der Waals surface area (Å²) in [5.41, 5.74) is 1.50. The number of sulfonamides is 1. The minimum Gasteiger partial charge on any atom is -0.379 e. The normalized spacial score (nSPS) is 11.3. The highest BCUT2D eigenvalue weighted by Gasteiger charge is 2.20. The molecule has 158 valence electrons. The highest BCUT2D eigenvalue weighted by atomic mass is 32.2. The molecule has 0 saturated carbocycles. The maximum atomic E-state index is 12.6. The Balaban J connectivity index is 2.24. The summed E-state index contributed by atoms with van der Waals surface area (Å²) in [6.07, 6.45) is 1.68. The number of rotatable bonds is 9. The molecule has 29 heavy (non-hydrogen) atoms. The highest BCUT2D eigenvalue weighted by molar-refractivity contribution is 7.89. The van der Waals surface area contributed by atoms with E-state index < -0.39 is 15.9 Å². The smallest absolute Gasteiger partial charge is 0.251 e. The van der Waals surface area contributed by atoms with Crippen molar-refractivity contribution in [3.8, 4) is 0 Å². The summed E-state index contributed by atoms with van der Waals surface area (Å²) in [4.78, 5) is 30.6. The van der Waals surface area contributed by atoms with Crippen molar-refractivity contribution >= 4 is 27.5 Å². The van der Waals surface area contributed by atoms with E-state index in [1.165, 1.54) is 33.2 Å². The van der Waals surface area contributed by atoms with Gasteiger partial charge in [-0.1, -0.05) is 0 Å². The molecule has 0 fully saturated rings. The van der Waals surface area contributed by atoms with E-state index in [4.69, 9.17) is 0 Å². The lowest BCUT2D eigenvalue weighted by molar-refractivity contribution is -0.118. The number of benzene rings is 1. The van der Waals surface area contributed by atoms with Crippen LogP contribution in [0.3, 0.4) is 0 Å². The van der Waals surface area contributed by atoms with Gasteiger partial charge in [0.05, 0.1) is 23.3 Å². The fraction of sp³-hybridized carbons (Fsp3) is 0.389. The van der Waals surface area contributed by atoms with E-state index in [-0.39, 0.29) is 29.5 Å². The number of aromatic amines is 1. The van der Waals surface area contributed by atoms with Crippen LogP contribution in [0.25, 0.3) is 0 Å². The minimum absolute atomic E-state index is 0.000280. The highest BCUT2D eigenvalue weighted by Crippen LogP contribution is 2.22. The van der Waals surface area contributed by atoms with E-state index in [0.717, 1.165) is 15.8 Å². The summed E-state index contributed by atoms with van der Waals surface area (Å²) in [6.45, 7) is 4.10. The zero-order chi connectivity index (χ0) is 21.6. The van der Waals surface area contributed by atoms with Gasteiger partial charge in [-0.2, -0.15) is 0 Å². The van der Waals surface area contributed by atoms with Crippen molar-refractivity contribution in [2.45, 2.75) is 25.3 Å². The molecule has 0 aliphatic rings. The van der Waals surface area contributed by atoms with Crippen molar-refractivity contribution in [2.75, 3.05) is 32.5 Å². The first-order valence-electron chi connectivity index (χ1n) is 8.94. The van der Waals surface area contributed by atoms with E-state index in [1.807, 2.05) is 6.92 Å². The van der Waals surface area contributed by atoms with Gasteiger partial charge in [0.15, 0.2) is 0 Å². The molecule has 2 amide bonds. The van der Waals surface area contributed by atoms with Crippen LogP contribution in [0.2, 0.25) is 0 Å². The van der Waals surface area contributed by atoms with Gasteiger partial charge < -0.3 is 20.9 Å². The van der Waals surface area contributed by atoms with Gasteiger partial charge in [0.2, 0.25) is 15.9 Å². The second kappa shape index (κ2) is 9.52. The summed E-state index contributed by atoms with van der Waals surface area (Å²) < 4.78 is 26.2. The standard InChI is InChI=1S/C18H26N6O4S/c1-12-21-10-16(23-12)11-22-15-7-14(18(26)20-6-5-19-13(2)25)8-17(9-15)29(27,28)24(3)4/h7-10,22H,5-6,11H2,1-4H3,(H,19,25)(H,20,26)(H,21,23). The number of nitrogens with zero attached hydrogens (tertiary/aromatic N) is 2. The summed E-state index contributed by atoms with van der Waals surface area (Å²) in [5.74, 6) is 0.135. The van der Waals surface area contributed by atoms with Crippen LogP contribution in [0.15, 0.2) is 29.3 Å². The first-order chi connectivity index (χ1) is 13.6. The second-order valence-electron chi connectivity index (χ2n) is 6.62. The molecule has 1 aromatic heterocycles. The fourth-order valence-electron chi connectivity index (χ4n) is 2.47. The number of H-pyrrole nitrogens is 1. The van der Waals surface area contributed by atoms with E-state index in [0.29, 0.717) is 12.2 Å². The molecule has 0 aliphatic heterocycles. The van der Waals surface area contributed by atoms with Gasteiger partial charge in [-0.05, 0) is 25.1 Å². The number of hydrogen-bond acceptors (Lipinski definition) is 6. The number of aromatic nitrogens is 2. The molecular formula is C18H26N6O4S. The summed E-state index contributed by atoms with van der Waals surface area (Å²) in [6, 6.07) is 4.38. The molecular weight excluding hydrogens is 396 g/mol. The Kier molecular flexibility index (Phi) is 7.35. The third-order valence-electron chi connectivity index (χ3n) is 3.97. The molecule has 0 atom stereocenters. The predicted octanol–water partition coefficient (Wildman–Crippen LogP) is 0.446. The number of amides is 2. The van der Waals surface area contributed by atoms with Gasteiger partial charge in [-0.25, -0.2) is 17.7 Å². The zero-order valence-corrected chi connectivity index (χ0v) is 17.7. The number of hydrogen-bond donors (Lipinski definition) is 4. The Bertz CT molecular complexity index is 984. The topological polar surface area (TPSA) is 136 Å². The van der Waals surface area contributed by atoms with Crippen LogP contribution in [0, 0.1) is 6.92 Å². The molecule has 1 aromatic carbocycles. The summed E-state index contributed by atoms with van der Waals surface area (Å²) in [5, 5.41) is 8.35. The minimum atomic E-state index is -3.73. The molecule has 0 bridgehead atoms. The third kappa shape index (κ3) is 6.29. The average molecular weight is 423 g/mol. The molecule has 0 saturated heterocycles. The van der Waals surface area contributed by atoms with Gasteiger partial charge in [0.25, 0.3) is 5.91 Å². The molecule has 1 heterocycles. The summed E-state index contributed by atoms with van der Waals surface area (Å²) >= 11 is 0. The van der Waals surface area contributed by atoms with Gasteiger partial charge >= 0.3 is 0 Å².